The van der Waals surface area contributed by atoms with Crippen molar-refractivity contribution in [3.05, 3.63) is 83.4 Å². The second-order valence-corrected chi connectivity index (χ2v) is 5.83. The monoisotopic (exact) mass is 352 g/mol. The van der Waals surface area contributed by atoms with Crippen LogP contribution in [0.25, 0.3) is 0 Å². The number of hydrogen-bond donors (Lipinski definition) is 2. The first-order chi connectivity index (χ1) is 12.1. The van der Waals surface area contributed by atoms with Gasteiger partial charge < -0.3 is 15.4 Å². The van der Waals surface area contributed by atoms with E-state index in [0.29, 0.717) is 10.6 Å². The summed E-state index contributed by atoms with van der Waals surface area (Å²) in [5, 5.41) is 6.75. The normalized spacial score (nSPS) is 10.2. The molecule has 0 aromatic heterocycles. The Labute approximate surface area is 151 Å². The van der Waals surface area contributed by atoms with Crippen LogP contribution in [0.5, 0.6) is 5.75 Å². The molecule has 2 N–H and O–H groups in total. The Bertz CT molecular complexity index is 844. The third kappa shape index (κ3) is 4.52. The van der Waals surface area contributed by atoms with Crippen molar-refractivity contribution in [1.29, 1.82) is 0 Å². The van der Waals surface area contributed by atoms with Gasteiger partial charge in [-0.2, -0.15) is 0 Å². The van der Waals surface area contributed by atoms with E-state index >= 15 is 0 Å². The second-order valence-electron chi connectivity index (χ2n) is 5.39. The summed E-state index contributed by atoms with van der Waals surface area (Å²) < 4.78 is 5.14. The molecule has 0 aliphatic rings. The maximum absolute atomic E-state index is 12.2. The molecule has 0 radical (unpaired) electrons. The predicted molar refractivity (Wildman–Crippen MR) is 102 cm³/mol. The molecule has 0 spiro atoms. The average Bonchev–Trinajstić information content (AvgIpc) is 2.64. The zero-order valence-electron chi connectivity index (χ0n) is 13.6. The molecule has 0 bridgehead atoms. The van der Waals surface area contributed by atoms with Gasteiger partial charge in [0.1, 0.15) is 5.75 Å². The van der Waals surface area contributed by atoms with Crippen LogP contribution < -0.4 is 15.4 Å². The number of nitrogens with one attached hydrogen (secondary N) is 2. The van der Waals surface area contributed by atoms with E-state index < -0.39 is 0 Å². The first kappa shape index (κ1) is 16.9. The summed E-state index contributed by atoms with van der Waals surface area (Å²) in [5.41, 5.74) is 3.17. The van der Waals surface area contributed by atoms with Gasteiger partial charge in [-0.05, 0) is 72.8 Å². The van der Waals surface area contributed by atoms with Crippen LogP contribution in [0, 0.1) is 0 Å². The molecule has 0 saturated carbocycles. The molecule has 3 aromatic carbocycles. The van der Waals surface area contributed by atoms with Crippen LogP contribution in [0.4, 0.5) is 17.1 Å². The Hall–Kier alpha value is -2.98. The summed E-state index contributed by atoms with van der Waals surface area (Å²) in [6.45, 7) is 0. The fourth-order valence-electron chi connectivity index (χ4n) is 2.28. The molecular weight excluding hydrogens is 336 g/mol. The Kier molecular flexibility index (Phi) is 5.21. The van der Waals surface area contributed by atoms with Gasteiger partial charge in [-0.25, -0.2) is 0 Å². The molecule has 25 heavy (non-hydrogen) atoms. The van der Waals surface area contributed by atoms with Crippen molar-refractivity contribution in [2.75, 3.05) is 17.7 Å². The third-order valence-electron chi connectivity index (χ3n) is 3.63. The number of halogens is 1. The number of carbonyl (C=O) groups excluding carboxylic acids is 1. The minimum atomic E-state index is -0.174. The summed E-state index contributed by atoms with van der Waals surface area (Å²) in [4.78, 5) is 12.2. The molecule has 126 valence electrons. The van der Waals surface area contributed by atoms with Crippen LogP contribution in [0.3, 0.4) is 0 Å². The molecule has 0 atom stereocenters. The van der Waals surface area contributed by atoms with E-state index in [-0.39, 0.29) is 5.91 Å². The zero-order valence-corrected chi connectivity index (χ0v) is 14.4. The van der Waals surface area contributed by atoms with Crippen LogP contribution in [0.1, 0.15) is 10.4 Å². The van der Waals surface area contributed by atoms with Crippen molar-refractivity contribution in [2.24, 2.45) is 0 Å². The quantitative estimate of drug-likeness (QED) is 0.651. The van der Waals surface area contributed by atoms with Gasteiger partial charge >= 0.3 is 0 Å². The van der Waals surface area contributed by atoms with Gasteiger partial charge in [0.05, 0.1) is 7.11 Å². The van der Waals surface area contributed by atoms with E-state index in [4.69, 9.17) is 16.3 Å². The fourth-order valence-corrected chi connectivity index (χ4v) is 2.41. The zero-order chi connectivity index (χ0) is 17.6. The van der Waals surface area contributed by atoms with Crippen molar-refractivity contribution >= 4 is 34.6 Å². The van der Waals surface area contributed by atoms with Crippen molar-refractivity contribution in [2.45, 2.75) is 0 Å². The number of carbonyl (C=O) groups is 1. The second kappa shape index (κ2) is 7.73. The van der Waals surface area contributed by atoms with Gasteiger partial charge in [-0.15, -0.1) is 0 Å². The molecule has 0 aliphatic heterocycles. The molecule has 0 unspecified atom stereocenters. The largest absolute Gasteiger partial charge is 0.497 e. The highest BCUT2D eigenvalue weighted by atomic mass is 35.5. The van der Waals surface area contributed by atoms with Gasteiger partial charge in [-0.1, -0.05) is 11.6 Å². The van der Waals surface area contributed by atoms with E-state index in [2.05, 4.69) is 10.6 Å². The molecule has 0 saturated heterocycles. The Balaban J connectivity index is 1.63. The van der Waals surface area contributed by atoms with Gasteiger partial charge in [0.25, 0.3) is 5.91 Å². The Morgan fingerprint density at radius 3 is 1.88 bits per heavy atom. The van der Waals surface area contributed by atoms with Crippen molar-refractivity contribution in [3.63, 3.8) is 0 Å². The molecule has 5 heteroatoms. The lowest BCUT2D eigenvalue weighted by atomic mass is 10.2. The minimum absolute atomic E-state index is 0.174. The van der Waals surface area contributed by atoms with Crippen LogP contribution in [-0.4, -0.2) is 13.0 Å². The highest BCUT2D eigenvalue weighted by Gasteiger charge is 2.06. The molecule has 0 aliphatic carbocycles. The van der Waals surface area contributed by atoms with Crippen LogP contribution in [-0.2, 0) is 0 Å². The molecule has 0 heterocycles. The van der Waals surface area contributed by atoms with Crippen LogP contribution in [0.2, 0.25) is 5.02 Å². The fraction of sp³-hybridized carbons (Fsp3) is 0.0500. The molecule has 1 amide bonds. The summed E-state index contributed by atoms with van der Waals surface area (Å²) >= 11 is 5.83. The number of anilines is 3. The summed E-state index contributed by atoms with van der Waals surface area (Å²) in [6.07, 6.45) is 0. The van der Waals surface area contributed by atoms with Crippen LogP contribution in [0.15, 0.2) is 72.8 Å². The lowest BCUT2D eigenvalue weighted by Crippen LogP contribution is -2.11. The maximum Gasteiger partial charge on any atom is 0.255 e. The number of ether oxygens (including phenoxy) is 1. The van der Waals surface area contributed by atoms with Crippen molar-refractivity contribution < 1.29 is 9.53 Å². The van der Waals surface area contributed by atoms with E-state index in [0.717, 1.165) is 22.8 Å². The van der Waals surface area contributed by atoms with E-state index in [1.165, 1.54) is 0 Å². The number of methoxy groups -OCH3 is 1. The molecule has 0 fully saturated rings. The van der Waals surface area contributed by atoms with Gasteiger partial charge in [0.15, 0.2) is 0 Å². The minimum Gasteiger partial charge on any atom is -0.497 e. The summed E-state index contributed by atoms with van der Waals surface area (Å²) in [5.74, 6) is 0.637. The first-order valence-electron chi connectivity index (χ1n) is 7.72. The molecule has 3 aromatic rings. The number of amides is 1. The van der Waals surface area contributed by atoms with Gasteiger partial charge in [0, 0.05) is 27.6 Å². The highest BCUT2D eigenvalue weighted by Crippen LogP contribution is 2.21. The van der Waals surface area contributed by atoms with Gasteiger partial charge in [-0.3, -0.25) is 4.79 Å². The van der Waals surface area contributed by atoms with E-state index in [9.17, 15) is 4.79 Å². The van der Waals surface area contributed by atoms with Crippen molar-refractivity contribution in [3.8, 4) is 5.75 Å². The average molecular weight is 353 g/mol. The highest BCUT2D eigenvalue weighted by molar-refractivity contribution is 6.30. The Morgan fingerprint density at radius 2 is 1.32 bits per heavy atom. The number of benzene rings is 3. The lowest BCUT2D eigenvalue weighted by Gasteiger charge is -2.09. The smallest absolute Gasteiger partial charge is 0.255 e. The summed E-state index contributed by atoms with van der Waals surface area (Å²) in [7, 11) is 1.64. The third-order valence-corrected chi connectivity index (χ3v) is 3.88. The van der Waals surface area contributed by atoms with E-state index in [1.807, 2.05) is 48.5 Å². The molecule has 4 nitrogen and oxygen atoms in total. The SMILES string of the molecule is COc1ccc(Nc2ccc(NC(=O)c3ccc(Cl)cc3)cc2)cc1. The maximum atomic E-state index is 12.2. The predicted octanol–water partition coefficient (Wildman–Crippen LogP) is 5.34. The molecule has 3 rings (SSSR count). The van der Waals surface area contributed by atoms with E-state index in [1.54, 1.807) is 31.4 Å². The number of rotatable bonds is 5. The standard InChI is InChI=1S/C20H17ClN2O2/c1-25-19-12-10-17(11-13-19)22-16-6-8-18(9-7-16)23-20(24)14-2-4-15(21)5-3-14/h2-13,22H,1H3,(H,23,24). The number of hydrogen-bond acceptors (Lipinski definition) is 3. The van der Waals surface area contributed by atoms with Crippen LogP contribution >= 0.6 is 11.6 Å². The molecular formula is C20H17ClN2O2. The topological polar surface area (TPSA) is 50.4 Å². The van der Waals surface area contributed by atoms with Crippen molar-refractivity contribution in [1.82, 2.24) is 0 Å². The Morgan fingerprint density at radius 1 is 0.800 bits per heavy atom. The van der Waals surface area contributed by atoms with Gasteiger partial charge in [0.2, 0.25) is 0 Å². The first-order valence-corrected chi connectivity index (χ1v) is 8.10. The lowest BCUT2D eigenvalue weighted by molar-refractivity contribution is 0.102. The summed E-state index contributed by atoms with van der Waals surface area (Å²) in [6, 6.07) is 21.9.